The van der Waals surface area contributed by atoms with E-state index in [0.29, 0.717) is 6.42 Å². The Hall–Kier alpha value is -1.17. The van der Waals surface area contributed by atoms with Crippen LogP contribution in [-0.4, -0.2) is 17.7 Å². The summed E-state index contributed by atoms with van der Waals surface area (Å²) in [5.74, 6) is 2.46. The second-order valence-electron chi connectivity index (χ2n) is 3.77. The fraction of sp³-hybridized carbons (Fsp3) is 0.700. The molecule has 0 radical (unpaired) electrons. The molecule has 0 saturated carbocycles. The van der Waals surface area contributed by atoms with Crippen LogP contribution in [0.25, 0.3) is 0 Å². The minimum absolute atomic E-state index is 0.241. The maximum Gasteiger partial charge on any atom is 0.408 e. The molecule has 0 spiro atoms. The van der Waals surface area contributed by atoms with Crippen molar-refractivity contribution in [3.05, 3.63) is 0 Å². The number of carbonyl (C=O) groups excluding carboxylic acids is 1. The Morgan fingerprint density at radius 1 is 1.62 bits per heavy atom. The topological polar surface area (TPSA) is 38.3 Å². The number of rotatable bonds is 2. The second kappa shape index (κ2) is 4.76. The SMILES string of the molecule is C#C[C@H](CC)NC(=O)OC(C)(C)C. The number of ether oxygens (including phenoxy) is 1. The number of hydrogen-bond acceptors (Lipinski definition) is 2. The third kappa shape index (κ3) is 6.03. The minimum Gasteiger partial charge on any atom is -0.444 e. The predicted molar refractivity (Wildman–Crippen MR) is 52.3 cm³/mol. The number of alkyl carbamates (subject to hydrolysis) is 1. The lowest BCUT2D eigenvalue weighted by molar-refractivity contribution is 0.0515. The van der Waals surface area contributed by atoms with Crippen LogP contribution in [0, 0.1) is 12.3 Å². The maximum atomic E-state index is 11.2. The number of hydrogen-bond donors (Lipinski definition) is 1. The molecule has 0 aliphatic heterocycles. The van der Waals surface area contributed by atoms with Crippen molar-refractivity contribution in [2.24, 2.45) is 0 Å². The van der Waals surface area contributed by atoms with Gasteiger partial charge in [-0.1, -0.05) is 12.8 Å². The molecule has 3 heteroatoms. The third-order valence-corrected chi connectivity index (χ3v) is 1.30. The fourth-order valence-corrected chi connectivity index (χ4v) is 0.711. The molecule has 1 N–H and O–H groups in total. The van der Waals surface area contributed by atoms with Gasteiger partial charge in [0.1, 0.15) is 5.60 Å². The average molecular weight is 183 g/mol. The molecule has 0 aromatic rings. The summed E-state index contributed by atoms with van der Waals surface area (Å²) >= 11 is 0. The standard InChI is InChI=1S/C10H17NO2/c1-6-8(7-2)11-9(12)13-10(3,4)5/h1,8H,7H2,2-5H3,(H,11,12)/t8-/m1/s1. The lowest BCUT2D eigenvalue weighted by Gasteiger charge is -2.21. The highest BCUT2D eigenvalue weighted by Gasteiger charge is 2.17. The lowest BCUT2D eigenvalue weighted by atomic mass is 10.2. The highest BCUT2D eigenvalue weighted by Crippen LogP contribution is 2.06. The van der Waals surface area contributed by atoms with Crippen molar-refractivity contribution in [1.82, 2.24) is 5.32 Å². The zero-order valence-corrected chi connectivity index (χ0v) is 8.68. The Kier molecular flexibility index (Phi) is 4.33. The summed E-state index contributed by atoms with van der Waals surface area (Å²) < 4.78 is 5.03. The van der Waals surface area contributed by atoms with E-state index in [2.05, 4.69) is 11.2 Å². The molecule has 0 unspecified atom stereocenters. The monoisotopic (exact) mass is 183 g/mol. The molecule has 0 rings (SSSR count). The van der Waals surface area contributed by atoms with E-state index in [4.69, 9.17) is 11.2 Å². The molecule has 13 heavy (non-hydrogen) atoms. The molecule has 0 aromatic carbocycles. The quantitative estimate of drug-likeness (QED) is 0.664. The molecule has 0 aliphatic carbocycles. The molecule has 0 saturated heterocycles. The van der Waals surface area contributed by atoms with E-state index < -0.39 is 11.7 Å². The highest BCUT2D eigenvalue weighted by molar-refractivity contribution is 5.68. The summed E-state index contributed by atoms with van der Waals surface area (Å²) in [6.45, 7) is 7.33. The van der Waals surface area contributed by atoms with Crippen LogP contribution in [0.4, 0.5) is 4.79 Å². The smallest absolute Gasteiger partial charge is 0.408 e. The Bertz CT molecular complexity index is 210. The highest BCUT2D eigenvalue weighted by atomic mass is 16.6. The number of terminal acetylenes is 1. The Morgan fingerprint density at radius 2 is 2.15 bits per heavy atom. The lowest BCUT2D eigenvalue weighted by Crippen LogP contribution is -2.38. The van der Waals surface area contributed by atoms with Crippen molar-refractivity contribution < 1.29 is 9.53 Å². The molecule has 1 amide bonds. The zero-order valence-electron chi connectivity index (χ0n) is 8.68. The van der Waals surface area contributed by atoms with E-state index in [1.807, 2.05) is 27.7 Å². The Balaban J connectivity index is 3.96. The van der Waals surface area contributed by atoms with E-state index in [-0.39, 0.29) is 6.04 Å². The van der Waals surface area contributed by atoms with Crippen LogP contribution in [0.5, 0.6) is 0 Å². The molecule has 0 heterocycles. The van der Waals surface area contributed by atoms with Crippen LogP contribution in [0.3, 0.4) is 0 Å². The van der Waals surface area contributed by atoms with Crippen molar-refractivity contribution in [2.75, 3.05) is 0 Å². The largest absolute Gasteiger partial charge is 0.444 e. The van der Waals surface area contributed by atoms with Gasteiger partial charge in [-0.3, -0.25) is 0 Å². The molecule has 0 aromatic heterocycles. The molecule has 1 atom stereocenters. The first kappa shape index (κ1) is 11.8. The summed E-state index contributed by atoms with van der Waals surface area (Å²) in [6.07, 6.45) is 5.42. The normalized spacial score (nSPS) is 12.8. The molecule has 0 bridgehead atoms. The number of nitrogens with one attached hydrogen (secondary N) is 1. The van der Waals surface area contributed by atoms with Crippen LogP contribution in [0.15, 0.2) is 0 Å². The van der Waals surface area contributed by atoms with Gasteiger partial charge in [0.15, 0.2) is 0 Å². The average Bonchev–Trinajstić information content (AvgIpc) is 1.96. The van der Waals surface area contributed by atoms with Crippen LogP contribution in [-0.2, 0) is 4.74 Å². The van der Waals surface area contributed by atoms with E-state index in [0.717, 1.165) is 0 Å². The number of carbonyl (C=O) groups is 1. The first-order valence-electron chi connectivity index (χ1n) is 4.34. The molecule has 0 aliphatic rings. The van der Waals surface area contributed by atoms with Gasteiger partial charge in [0.05, 0.1) is 6.04 Å². The summed E-state index contributed by atoms with van der Waals surface area (Å²) in [4.78, 5) is 11.2. The maximum absolute atomic E-state index is 11.2. The molecule has 3 nitrogen and oxygen atoms in total. The van der Waals surface area contributed by atoms with Gasteiger partial charge in [0, 0.05) is 0 Å². The summed E-state index contributed by atoms with van der Waals surface area (Å²) in [5.41, 5.74) is -0.475. The Morgan fingerprint density at radius 3 is 2.46 bits per heavy atom. The van der Waals surface area contributed by atoms with E-state index in [1.54, 1.807) is 0 Å². The third-order valence-electron chi connectivity index (χ3n) is 1.30. The van der Waals surface area contributed by atoms with Crippen LogP contribution < -0.4 is 5.32 Å². The van der Waals surface area contributed by atoms with Gasteiger partial charge in [0.2, 0.25) is 0 Å². The zero-order chi connectivity index (χ0) is 10.5. The van der Waals surface area contributed by atoms with E-state index in [9.17, 15) is 4.79 Å². The molecular weight excluding hydrogens is 166 g/mol. The van der Waals surface area contributed by atoms with E-state index in [1.165, 1.54) is 0 Å². The van der Waals surface area contributed by atoms with Crippen molar-refractivity contribution in [3.8, 4) is 12.3 Å². The van der Waals surface area contributed by atoms with Gasteiger partial charge in [-0.2, -0.15) is 0 Å². The first-order valence-corrected chi connectivity index (χ1v) is 4.34. The van der Waals surface area contributed by atoms with Gasteiger partial charge in [0.25, 0.3) is 0 Å². The summed E-state index contributed by atoms with van der Waals surface area (Å²) in [6, 6.07) is -0.241. The molecule has 0 fully saturated rings. The van der Waals surface area contributed by atoms with Crippen LogP contribution >= 0.6 is 0 Å². The first-order chi connectivity index (χ1) is 5.89. The van der Waals surface area contributed by atoms with Gasteiger partial charge >= 0.3 is 6.09 Å². The van der Waals surface area contributed by atoms with Crippen LogP contribution in [0.1, 0.15) is 34.1 Å². The minimum atomic E-state index is -0.475. The van der Waals surface area contributed by atoms with Gasteiger partial charge in [-0.25, -0.2) is 4.79 Å². The Labute approximate surface area is 79.8 Å². The van der Waals surface area contributed by atoms with Gasteiger partial charge in [-0.05, 0) is 27.2 Å². The van der Waals surface area contributed by atoms with Gasteiger partial charge < -0.3 is 10.1 Å². The summed E-state index contributed by atoms with van der Waals surface area (Å²) in [5, 5.41) is 2.58. The van der Waals surface area contributed by atoms with Crippen molar-refractivity contribution >= 4 is 6.09 Å². The van der Waals surface area contributed by atoms with Crippen molar-refractivity contribution in [1.29, 1.82) is 0 Å². The molecular formula is C10H17NO2. The van der Waals surface area contributed by atoms with Crippen molar-refractivity contribution in [3.63, 3.8) is 0 Å². The summed E-state index contributed by atoms with van der Waals surface area (Å²) in [7, 11) is 0. The van der Waals surface area contributed by atoms with Crippen LogP contribution in [0.2, 0.25) is 0 Å². The predicted octanol–water partition coefficient (Wildman–Crippen LogP) is 1.92. The molecule has 74 valence electrons. The number of amides is 1. The van der Waals surface area contributed by atoms with E-state index >= 15 is 0 Å². The van der Waals surface area contributed by atoms with Gasteiger partial charge in [-0.15, -0.1) is 6.42 Å². The fourth-order valence-electron chi connectivity index (χ4n) is 0.711. The van der Waals surface area contributed by atoms with Crippen molar-refractivity contribution in [2.45, 2.75) is 45.8 Å². The second-order valence-corrected chi connectivity index (χ2v) is 3.77.